The summed E-state index contributed by atoms with van der Waals surface area (Å²) in [5.41, 5.74) is -0.863. The lowest BCUT2D eigenvalue weighted by molar-refractivity contribution is -0.122. The average molecular weight is 343 g/mol. The molecule has 0 spiro atoms. The van der Waals surface area contributed by atoms with Crippen LogP contribution in [0.15, 0.2) is 27.6 Å². The van der Waals surface area contributed by atoms with Crippen molar-refractivity contribution in [2.24, 2.45) is 0 Å². The van der Waals surface area contributed by atoms with Gasteiger partial charge in [-0.25, -0.2) is 0 Å². The number of hydrogen-bond acceptors (Lipinski definition) is 3. The molecule has 1 aromatic rings. The standard InChI is InChI=1S/C14H19BrN2O3/c15-11-3-4-13(19)17(9-11)8-5-12(18)16-10-14(20)6-1-2-7-14/h3-4,9,20H,1-2,5-8,10H2,(H,16,18). The topological polar surface area (TPSA) is 71.3 Å². The third kappa shape index (κ3) is 4.18. The Kier molecular flexibility index (Phi) is 4.99. The molecule has 6 heteroatoms. The molecule has 0 saturated heterocycles. The van der Waals surface area contributed by atoms with Crippen LogP contribution in [0, 0.1) is 0 Å². The minimum Gasteiger partial charge on any atom is -0.388 e. The summed E-state index contributed by atoms with van der Waals surface area (Å²) in [7, 11) is 0. The second kappa shape index (κ2) is 6.54. The summed E-state index contributed by atoms with van der Waals surface area (Å²) in [4.78, 5) is 23.3. The quantitative estimate of drug-likeness (QED) is 0.850. The van der Waals surface area contributed by atoms with E-state index in [1.165, 1.54) is 10.6 Å². The van der Waals surface area contributed by atoms with Crippen molar-refractivity contribution >= 4 is 21.8 Å². The molecule has 1 saturated carbocycles. The Hall–Kier alpha value is -1.14. The van der Waals surface area contributed by atoms with Crippen molar-refractivity contribution in [3.8, 4) is 0 Å². The smallest absolute Gasteiger partial charge is 0.250 e. The molecule has 1 heterocycles. The zero-order valence-electron chi connectivity index (χ0n) is 11.3. The van der Waals surface area contributed by atoms with Gasteiger partial charge in [0.1, 0.15) is 0 Å². The van der Waals surface area contributed by atoms with Gasteiger partial charge in [-0.15, -0.1) is 0 Å². The first kappa shape index (κ1) is 15.3. The van der Waals surface area contributed by atoms with Gasteiger partial charge in [-0.3, -0.25) is 9.59 Å². The minimum absolute atomic E-state index is 0.129. The number of aryl methyl sites for hydroxylation is 1. The van der Waals surface area contributed by atoms with Gasteiger partial charge in [0.05, 0.1) is 5.60 Å². The second-order valence-corrected chi connectivity index (χ2v) is 6.25. The van der Waals surface area contributed by atoms with Gasteiger partial charge in [-0.05, 0) is 34.8 Å². The first-order valence-electron chi connectivity index (χ1n) is 6.84. The first-order valence-corrected chi connectivity index (χ1v) is 7.63. The molecule has 5 nitrogen and oxygen atoms in total. The van der Waals surface area contributed by atoms with E-state index in [1.54, 1.807) is 12.3 Å². The molecule has 0 unspecified atom stereocenters. The number of pyridine rings is 1. The van der Waals surface area contributed by atoms with Crippen LogP contribution in [-0.2, 0) is 11.3 Å². The number of hydrogen-bond donors (Lipinski definition) is 2. The summed E-state index contributed by atoms with van der Waals surface area (Å²) >= 11 is 3.29. The lowest BCUT2D eigenvalue weighted by Gasteiger charge is -2.22. The molecule has 0 aromatic carbocycles. The van der Waals surface area contributed by atoms with Crippen LogP contribution in [0.2, 0.25) is 0 Å². The molecule has 1 aromatic heterocycles. The van der Waals surface area contributed by atoms with Crippen LogP contribution < -0.4 is 10.9 Å². The van der Waals surface area contributed by atoms with Crippen molar-refractivity contribution in [1.82, 2.24) is 9.88 Å². The van der Waals surface area contributed by atoms with E-state index in [1.807, 2.05) is 0 Å². The Labute approximate surface area is 126 Å². The second-order valence-electron chi connectivity index (χ2n) is 5.34. The van der Waals surface area contributed by atoms with E-state index in [4.69, 9.17) is 0 Å². The van der Waals surface area contributed by atoms with Crippen molar-refractivity contribution < 1.29 is 9.90 Å². The molecule has 0 atom stereocenters. The predicted molar refractivity (Wildman–Crippen MR) is 79.4 cm³/mol. The molecule has 20 heavy (non-hydrogen) atoms. The summed E-state index contributed by atoms with van der Waals surface area (Å²) in [5, 5.41) is 12.9. The molecule has 0 bridgehead atoms. The fourth-order valence-corrected chi connectivity index (χ4v) is 2.84. The van der Waals surface area contributed by atoms with Gasteiger partial charge in [0.15, 0.2) is 0 Å². The molecule has 110 valence electrons. The van der Waals surface area contributed by atoms with Gasteiger partial charge in [-0.1, -0.05) is 12.8 Å². The van der Waals surface area contributed by atoms with E-state index in [9.17, 15) is 14.7 Å². The zero-order valence-corrected chi connectivity index (χ0v) is 12.9. The monoisotopic (exact) mass is 342 g/mol. The van der Waals surface area contributed by atoms with E-state index >= 15 is 0 Å². The van der Waals surface area contributed by atoms with E-state index in [0.717, 1.165) is 30.2 Å². The van der Waals surface area contributed by atoms with Crippen LogP contribution >= 0.6 is 15.9 Å². The van der Waals surface area contributed by atoms with Crippen LogP contribution in [0.1, 0.15) is 32.1 Å². The van der Waals surface area contributed by atoms with E-state index in [0.29, 0.717) is 13.1 Å². The van der Waals surface area contributed by atoms with Crippen molar-refractivity contribution in [2.45, 2.75) is 44.2 Å². The van der Waals surface area contributed by atoms with Crippen LogP contribution in [0.4, 0.5) is 0 Å². The lowest BCUT2D eigenvalue weighted by atomic mass is 10.0. The fraction of sp³-hybridized carbons (Fsp3) is 0.571. The Morgan fingerprint density at radius 3 is 2.80 bits per heavy atom. The van der Waals surface area contributed by atoms with Gasteiger partial charge in [0.25, 0.3) is 5.56 Å². The molecule has 1 fully saturated rings. The number of nitrogens with one attached hydrogen (secondary N) is 1. The van der Waals surface area contributed by atoms with Gasteiger partial charge in [0, 0.05) is 36.2 Å². The average Bonchev–Trinajstić information content (AvgIpc) is 2.85. The fourth-order valence-electron chi connectivity index (χ4n) is 2.46. The molecule has 2 rings (SSSR count). The SMILES string of the molecule is O=C(CCn1cc(Br)ccc1=O)NCC1(O)CCCC1. The van der Waals surface area contributed by atoms with Gasteiger partial charge >= 0.3 is 0 Å². The van der Waals surface area contributed by atoms with Crippen molar-refractivity contribution in [3.05, 3.63) is 33.2 Å². The summed E-state index contributed by atoms with van der Waals surface area (Å²) < 4.78 is 2.30. The molecule has 1 aliphatic rings. The van der Waals surface area contributed by atoms with Crippen molar-refractivity contribution in [1.29, 1.82) is 0 Å². The number of carbonyl (C=O) groups is 1. The number of carbonyl (C=O) groups excluding carboxylic acids is 1. The summed E-state index contributed by atoms with van der Waals surface area (Å²) in [6, 6.07) is 3.14. The molecular weight excluding hydrogens is 324 g/mol. The molecule has 0 radical (unpaired) electrons. The van der Waals surface area contributed by atoms with Gasteiger partial charge in [-0.2, -0.15) is 0 Å². The van der Waals surface area contributed by atoms with Crippen LogP contribution in [-0.4, -0.2) is 27.7 Å². The first-order chi connectivity index (χ1) is 9.48. The highest BCUT2D eigenvalue weighted by molar-refractivity contribution is 9.10. The number of aromatic nitrogens is 1. The largest absolute Gasteiger partial charge is 0.388 e. The third-order valence-corrected chi connectivity index (χ3v) is 4.15. The summed E-state index contributed by atoms with van der Waals surface area (Å²) in [5.74, 6) is -0.141. The number of aliphatic hydroxyl groups is 1. The number of nitrogens with zero attached hydrogens (tertiary/aromatic N) is 1. The van der Waals surface area contributed by atoms with E-state index < -0.39 is 5.60 Å². The number of halogens is 1. The normalized spacial score (nSPS) is 17.1. The number of rotatable bonds is 5. The predicted octanol–water partition coefficient (Wildman–Crippen LogP) is 1.42. The van der Waals surface area contributed by atoms with Gasteiger partial charge < -0.3 is 15.0 Å². The Morgan fingerprint density at radius 2 is 2.10 bits per heavy atom. The highest BCUT2D eigenvalue weighted by Gasteiger charge is 2.31. The maximum Gasteiger partial charge on any atom is 0.250 e. The Balaban J connectivity index is 1.80. The maximum atomic E-state index is 11.8. The van der Waals surface area contributed by atoms with Gasteiger partial charge in [0.2, 0.25) is 5.91 Å². The minimum atomic E-state index is -0.734. The molecule has 0 aliphatic heterocycles. The van der Waals surface area contributed by atoms with Crippen molar-refractivity contribution in [3.63, 3.8) is 0 Å². The highest BCUT2D eigenvalue weighted by atomic mass is 79.9. The molecule has 2 N–H and O–H groups in total. The zero-order chi connectivity index (χ0) is 14.6. The lowest BCUT2D eigenvalue weighted by Crippen LogP contribution is -2.41. The van der Waals surface area contributed by atoms with E-state index in [-0.39, 0.29) is 17.9 Å². The van der Waals surface area contributed by atoms with Crippen LogP contribution in [0.25, 0.3) is 0 Å². The summed E-state index contributed by atoms with van der Waals surface area (Å²) in [6.45, 7) is 0.641. The third-order valence-electron chi connectivity index (χ3n) is 3.68. The molecule has 1 amide bonds. The molecular formula is C14H19BrN2O3. The number of amides is 1. The molecule has 1 aliphatic carbocycles. The maximum absolute atomic E-state index is 11.8. The highest BCUT2D eigenvalue weighted by Crippen LogP contribution is 2.28. The Bertz CT molecular complexity index is 535. The van der Waals surface area contributed by atoms with Crippen LogP contribution in [0.5, 0.6) is 0 Å². The Morgan fingerprint density at radius 1 is 1.40 bits per heavy atom. The van der Waals surface area contributed by atoms with Crippen LogP contribution in [0.3, 0.4) is 0 Å². The summed E-state index contributed by atoms with van der Waals surface area (Å²) in [6.07, 6.45) is 5.42. The van der Waals surface area contributed by atoms with Crippen molar-refractivity contribution in [2.75, 3.05) is 6.54 Å². The van der Waals surface area contributed by atoms with E-state index in [2.05, 4.69) is 21.2 Å².